The Morgan fingerprint density at radius 2 is 2.12 bits per heavy atom. The van der Waals surface area contributed by atoms with E-state index in [2.05, 4.69) is 4.98 Å². The van der Waals surface area contributed by atoms with Gasteiger partial charge in [-0.3, -0.25) is 0 Å². The van der Waals surface area contributed by atoms with Crippen LogP contribution < -0.4 is 5.73 Å². The van der Waals surface area contributed by atoms with Crippen molar-refractivity contribution in [2.24, 2.45) is 5.73 Å². The Balaban J connectivity index is 2.33. The van der Waals surface area contributed by atoms with Crippen molar-refractivity contribution in [2.75, 3.05) is 6.54 Å². The second kappa shape index (κ2) is 4.90. The third-order valence-electron chi connectivity index (χ3n) is 2.43. The van der Waals surface area contributed by atoms with E-state index in [9.17, 15) is 4.39 Å². The normalized spacial score (nSPS) is 10.6. The van der Waals surface area contributed by atoms with Crippen molar-refractivity contribution in [3.63, 3.8) is 0 Å². The molecule has 1 aromatic carbocycles. The minimum Gasteiger partial charge on any atom is -0.331 e. The number of hydrogen-bond donors (Lipinski definition) is 1. The van der Waals surface area contributed by atoms with Crippen molar-refractivity contribution in [2.45, 2.75) is 13.0 Å². The molecule has 0 radical (unpaired) electrons. The molecule has 16 heavy (non-hydrogen) atoms. The first kappa shape index (κ1) is 10.8. The Labute approximate surface area is 93.7 Å². The number of nitrogens with two attached hydrogens (primary N) is 1. The fourth-order valence-electron chi connectivity index (χ4n) is 1.64. The zero-order valence-corrected chi connectivity index (χ0v) is 8.94. The summed E-state index contributed by atoms with van der Waals surface area (Å²) in [5, 5.41) is 0. The summed E-state index contributed by atoms with van der Waals surface area (Å²) in [6.45, 7) is 1.38. The molecule has 0 aliphatic carbocycles. The lowest BCUT2D eigenvalue weighted by atomic mass is 10.2. The topological polar surface area (TPSA) is 43.8 Å². The van der Waals surface area contributed by atoms with Crippen molar-refractivity contribution in [1.82, 2.24) is 9.55 Å². The monoisotopic (exact) mass is 219 g/mol. The lowest BCUT2D eigenvalue weighted by Crippen LogP contribution is -2.06. The molecule has 4 heteroatoms. The average molecular weight is 219 g/mol. The number of aromatic nitrogens is 2. The maximum absolute atomic E-state index is 13.6. The van der Waals surface area contributed by atoms with Crippen LogP contribution in [0.2, 0.25) is 0 Å². The number of nitrogens with zero attached hydrogens (tertiary/aromatic N) is 2. The van der Waals surface area contributed by atoms with Crippen LogP contribution in [0.4, 0.5) is 4.39 Å². The fraction of sp³-hybridized carbons (Fsp3) is 0.250. The van der Waals surface area contributed by atoms with Crippen LogP contribution in [0.1, 0.15) is 6.42 Å². The summed E-state index contributed by atoms with van der Waals surface area (Å²) in [5.41, 5.74) is 5.99. The summed E-state index contributed by atoms with van der Waals surface area (Å²) in [6, 6.07) is 6.65. The predicted molar refractivity (Wildman–Crippen MR) is 61.3 cm³/mol. The van der Waals surface area contributed by atoms with Gasteiger partial charge in [0.25, 0.3) is 0 Å². The SMILES string of the molecule is NCCCn1ccnc1-c1ccccc1F. The van der Waals surface area contributed by atoms with E-state index < -0.39 is 0 Å². The van der Waals surface area contributed by atoms with Crippen LogP contribution in [0.25, 0.3) is 11.4 Å². The summed E-state index contributed by atoms with van der Waals surface area (Å²) in [7, 11) is 0. The van der Waals surface area contributed by atoms with Gasteiger partial charge in [0, 0.05) is 18.9 Å². The minimum absolute atomic E-state index is 0.248. The van der Waals surface area contributed by atoms with Crippen LogP contribution >= 0.6 is 0 Å². The lowest BCUT2D eigenvalue weighted by molar-refractivity contribution is 0.620. The van der Waals surface area contributed by atoms with E-state index in [1.165, 1.54) is 6.07 Å². The third-order valence-corrected chi connectivity index (χ3v) is 2.43. The molecule has 2 rings (SSSR count). The number of halogens is 1. The average Bonchev–Trinajstić information content (AvgIpc) is 2.75. The van der Waals surface area contributed by atoms with E-state index in [0.717, 1.165) is 13.0 Å². The molecule has 1 heterocycles. The number of rotatable bonds is 4. The van der Waals surface area contributed by atoms with Gasteiger partial charge in [0.2, 0.25) is 0 Å². The van der Waals surface area contributed by atoms with Crippen LogP contribution in [0.3, 0.4) is 0 Å². The van der Waals surface area contributed by atoms with Crippen molar-refractivity contribution in [3.8, 4) is 11.4 Å². The van der Waals surface area contributed by atoms with Gasteiger partial charge in [-0.2, -0.15) is 0 Å². The molecule has 0 saturated heterocycles. The quantitative estimate of drug-likeness (QED) is 0.855. The second-order valence-electron chi connectivity index (χ2n) is 3.57. The Kier molecular flexibility index (Phi) is 3.31. The largest absolute Gasteiger partial charge is 0.331 e. The highest BCUT2D eigenvalue weighted by Crippen LogP contribution is 2.20. The highest BCUT2D eigenvalue weighted by Gasteiger charge is 2.09. The van der Waals surface area contributed by atoms with Gasteiger partial charge in [-0.1, -0.05) is 12.1 Å². The summed E-state index contributed by atoms with van der Waals surface area (Å²) in [6.07, 6.45) is 4.38. The number of aryl methyl sites for hydroxylation is 1. The summed E-state index contributed by atoms with van der Waals surface area (Å²) in [5.74, 6) is 0.411. The Morgan fingerprint density at radius 1 is 1.31 bits per heavy atom. The molecule has 84 valence electrons. The van der Waals surface area contributed by atoms with Crippen molar-refractivity contribution in [1.29, 1.82) is 0 Å². The Bertz CT molecular complexity index is 465. The highest BCUT2D eigenvalue weighted by atomic mass is 19.1. The lowest BCUT2D eigenvalue weighted by Gasteiger charge is -2.07. The van der Waals surface area contributed by atoms with Crippen LogP contribution in [-0.2, 0) is 6.54 Å². The molecule has 0 spiro atoms. The predicted octanol–water partition coefficient (Wildman–Crippen LogP) is 2.04. The first-order chi connectivity index (χ1) is 7.83. The summed E-state index contributed by atoms with van der Waals surface area (Å²) >= 11 is 0. The molecular weight excluding hydrogens is 205 g/mol. The minimum atomic E-state index is -0.248. The smallest absolute Gasteiger partial charge is 0.142 e. The maximum atomic E-state index is 13.6. The van der Waals surface area contributed by atoms with Crippen molar-refractivity contribution >= 4 is 0 Å². The molecule has 0 atom stereocenters. The summed E-state index contributed by atoms with van der Waals surface area (Å²) < 4.78 is 15.5. The van der Waals surface area contributed by atoms with Gasteiger partial charge in [0.05, 0.1) is 5.56 Å². The van der Waals surface area contributed by atoms with Gasteiger partial charge >= 0.3 is 0 Å². The highest BCUT2D eigenvalue weighted by molar-refractivity contribution is 5.56. The molecule has 0 saturated carbocycles. The molecule has 0 fully saturated rings. The van der Waals surface area contributed by atoms with Gasteiger partial charge < -0.3 is 10.3 Å². The standard InChI is InChI=1S/C12H14FN3/c13-11-5-2-1-4-10(11)12-15-7-9-16(12)8-3-6-14/h1-2,4-5,7,9H,3,6,8,14H2. The molecule has 2 aromatic rings. The first-order valence-corrected chi connectivity index (χ1v) is 5.29. The zero-order chi connectivity index (χ0) is 11.4. The Hall–Kier alpha value is -1.68. The van der Waals surface area contributed by atoms with Gasteiger partial charge in [0.15, 0.2) is 0 Å². The van der Waals surface area contributed by atoms with E-state index in [0.29, 0.717) is 17.9 Å². The Morgan fingerprint density at radius 3 is 2.88 bits per heavy atom. The summed E-state index contributed by atoms with van der Waals surface area (Å²) in [4.78, 5) is 4.18. The maximum Gasteiger partial charge on any atom is 0.142 e. The van der Waals surface area contributed by atoms with E-state index in [-0.39, 0.29) is 5.82 Å². The second-order valence-corrected chi connectivity index (χ2v) is 3.57. The van der Waals surface area contributed by atoms with Crippen molar-refractivity contribution < 1.29 is 4.39 Å². The van der Waals surface area contributed by atoms with Gasteiger partial charge in [-0.15, -0.1) is 0 Å². The molecule has 3 nitrogen and oxygen atoms in total. The number of hydrogen-bond acceptors (Lipinski definition) is 2. The number of imidazole rings is 1. The van der Waals surface area contributed by atoms with Crippen LogP contribution in [-0.4, -0.2) is 16.1 Å². The van der Waals surface area contributed by atoms with Crippen molar-refractivity contribution in [3.05, 3.63) is 42.5 Å². The van der Waals surface area contributed by atoms with E-state index >= 15 is 0 Å². The molecule has 0 bridgehead atoms. The van der Waals surface area contributed by atoms with Gasteiger partial charge in [0.1, 0.15) is 11.6 Å². The molecule has 2 N–H and O–H groups in total. The van der Waals surface area contributed by atoms with Crippen LogP contribution in [0.5, 0.6) is 0 Å². The zero-order valence-electron chi connectivity index (χ0n) is 8.94. The molecule has 0 aliphatic heterocycles. The van der Waals surface area contributed by atoms with E-state index in [1.807, 2.05) is 10.8 Å². The first-order valence-electron chi connectivity index (χ1n) is 5.29. The fourth-order valence-corrected chi connectivity index (χ4v) is 1.64. The third kappa shape index (κ3) is 2.12. The molecular formula is C12H14FN3. The van der Waals surface area contributed by atoms with Crippen LogP contribution in [0.15, 0.2) is 36.7 Å². The molecule has 0 amide bonds. The van der Waals surface area contributed by atoms with E-state index in [4.69, 9.17) is 5.73 Å². The van der Waals surface area contributed by atoms with Crippen LogP contribution in [0, 0.1) is 5.82 Å². The molecule has 0 unspecified atom stereocenters. The molecule has 0 aliphatic rings. The van der Waals surface area contributed by atoms with Gasteiger partial charge in [-0.25, -0.2) is 9.37 Å². The number of benzene rings is 1. The van der Waals surface area contributed by atoms with Gasteiger partial charge in [-0.05, 0) is 25.1 Å². The van der Waals surface area contributed by atoms with E-state index in [1.54, 1.807) is 24.4 Å². The molecule has 1 aromatic heterocycles.